The van der Waals surface area contributed by atoms with E-state index in [2.05, 4.69) is 0 Å². The quantitative estimate of drug-likeness (QED) is 0.502. The van der Waals surface area contributed by atoms with Crippen LogP contribution in [0.25, 0.3) is 0 Å². The minimum absolute atomic E-state index is 0.511. The molecule has 2 fully saturated rings. The standard InChI is InChI=1S/C9H14O/c10-8-3-6-9(7-8)4-1-2-5-9/h1-7H2. The molecule has 0 N–H and O–H groups in total. The Labute approximate surface area is 61.8 Å². The molecule has 0 unspecified atom stereocenters. The van der Waals surface area contributed by atoms with Crippen LogP contribution in [0.1, 0.15) is 44.9 Å². The van der Waals surface area contributed by atoms with Gasteiger partial charge in [0, 0.05) is 12.8 Å². The van der Waals surface area contributed by atoms with Gasteiger partial charge in [0.05, 0.1) is 0 Å². The summed E-state index contributed by atoms with van der Waals surface area (Å²) < 4.78 is 0. The zero-order valence-electron chi connectivity index (χ0n) is 6.36. The minimum atomic E-state index is 0.511. The Morgan fingerprint density at radius 1 is 1.10 bits per heavy atom. The summed E-state index contributed by atoms with van der Waals surface area (Å²) in [5, 5.41) is 0. The van der Waals surface area contributed by atoms with Crippen molar-refractivity contribution >= 4 is 5.78 Å². The summed E-state index contributed by atoms with van der Waals surface area (Å²) in [6.45, 7) is 0. The Morgan fingerprint density at radius 3 is 2.30 bits per heavy atom. The molecule has 2 aliphatic carbocycles. The number of carbonyl (C=O) groups excluding carboxylic acids is 1. The van der Waals surface area contributed by atoms with Gasteiger partial charge in [0.1, 0.15) is 5.78 Å². The number of hydrogen-bond acceptors (Lipinski definition) is 1. The molecule has 0 aromatic carbocycles. The molecule has 2 aliphatic rings. The summed E-state index contributed by atoms with van der Waals surface area (Å²) in [4.78, 5) is 11.0. The first-order chi connectivity index (χ1) is 4.81. The molecule has 0 radical (unpaired) electrons. The van der Waals surface area contributed by atoms with Gasteiger partial charge in [-0.2, -0.15) is 0 Å². The van der Waals surface area contributed by atoms with E-state index in [4.69, 9.17) is 0 Å². The summed E-state index contributed by atoms with van der Waals surface area (Å²) in [6.07, 6.45) is 8.39. The van der Waals surface area contributed by atoms with E-state index < -0.39 is 0 Å². The van der Waals surface area contributed by atoms with E-state index in [1.807, 2.05) is 0 Å². The molecule has 0 bridgehead atoms. The lowest BCUT2D eigenvalue weighted by Gasteiger charge is -2.19. The molecule has 0 heterocycles. The van der Waals surface area contributed by atoms with Gasteiger partial charge in [-0.1, -0.05) is 12.8 Å². The fraction of sp³-hybridized carbons (Fsp3) is 0.889. The van der Waals surface area contributed by atoms with Crippen molar-refractivity contribution in [3.05, 3.63) is 0 Å². The lowest BCUT2D eigenvalue weighted by atomic mass is 9.85. The van der Waals surface area contributed by atoms with Gasteiger partial charge in [-0.05, 0) is 24.7 Å². The summed E-state index contributed by atoms with van der Waals surface area (Å²) >= 11 is 0. The summed E-state index contributed by atoms with van der Waals surface area (Å²) in [7, 11) is 0. The fourth-order valence-corrected chi connectivity index (χ4v) is 2.55. The van der Waals surface area contributed by atoms with Gasteiger partial charge >= 0.3 is 0 Å². The van der Waals surface area contributed by atoms with Crippen LogP contribution in [0.3, 0.4) is 0 Å². The second-order valence-corrected chi connectivity index (χ2v) is 3.92. The van der Waals surface area contributed by atoms with Gasteiger partial charge in [-0.25, -0.2) is 0 Å². The van der Waals surface area contributed by atoms with Crippen LogP contribution in [-0.4, -0.2) is 5.78 Å². The van der Waals surface area contributed by atoms with Crippen molar-refractivity contribution in [2.24, 2.45) is 5.41 Å². The molecule has 0 atom stereocenters. The molecule has 1 nitrogen and oxygen atoms in total. The van der Waals surface area contributed by atoms with E-state index in [1.165, 1.54) is 32.1 Å². The highest BCUT2D eigenvalue weighted by atomic mass is 16.1. The molecule has 10 heavy (non-hydrogen) atoms. The highest BCUT2D eigenvalue weighted by Gasteiger charge is 2.39. The Hall–Kier alpha value is -0.330. The van der Waals surface area contributed by atoms with Crippen molar-refractivity contribution in [1.82, 2.24) is 0 Å². The molecule has 0 aliphatic heterocycles. The van der Waals surface area contributed by atoms with E-state index in [1.54, 1.807) is 0 Å². The smallest absolute Gasteiger partial charge is 0.133 e. The summed E-state index contributed by atoms with van der Waals surface area (Å²) in [6, 6.07) is 0. The number of ketones is 1. The van der Waals surface area contributed by atoms with Crippen LogP contribution < -0.4 is 0 Å². The van der Waals surface area contributed by atoms with Crippen LogP contribution >= 0.6 is 0 Å². The fourth-order valence-electron chi connectivity index (χ4n) is 2.55. The molecule has 2 saturated carbocycles. The predicted octanol–water partition coefficient (Wildman–Crippen LogP) is 2.30. The molecular weight excluding hydrogens is 124 g/mol. The third-order valence-corrected chi connectivity index (χ3v) is 3.17. The average molecular weight is 138 g/mol. The molecular formula is C9H14O. The van der Waals surface area contributed by atoms with Gasteiger partial charge in [-0.15, -0.1) is 0 Å². The second kappa shape index (κ2) is 2.08. The Kier molecular flexibility index (Phi) is 1.33. The average Bonchev–Trinajstić information content (AvgIpc) is 2.46. The third kappa shape index (κ3) is 0.882. The van der Waals surface area contributed by atoms with Crippen LogP contribution in [0.5, 0.6) is 0 Å². The van der Waals surface area contributed by atoms with Gasteiger partial charge in [-0.3, -0.25) is 4.79 Å². The van der Waals surface area contributed by atoms with Crippen molar-refractivity contribution in [3.63, 3.8) is 0 Å². The number of Topliss-reactive ketones (excluding diaryl/α,β-unsaturated/α-hetero) is 1. The first kappa shape index (κ1) is 6.38. The molecule has 1 heteroatoms. The Balaban J connectivity index is 2.09. The zero-order chi connectivity index (χ0) is 7.03. The van der Waals surface area contributed by atoms with Crippen LogP contribution in [0.15, 0.2) is 0 Å². The Morgan fingerprint density at radius 2 is 1.80 bits per heavy atom. The maximum atomic E-state index is 11.0. The molecule has 56 valence electrons. The molecule has 0 aromatic rings. The first-order valence-electron chi connectivity index (χ1n) is 4.33. The van der Waals surface area contributed by atoms with Crippen molar-refractivity contribution in [2.75, 3.05) is 0 Å². The van der Waals surface area contributed by atoms with Gasteiger partial charge < -0.3 is 0 Å². The lowest BCUT2D eigenvalue weighted by molar-refractivity contribution is -0.118. The van der Waals surface area contributed by atoms with E-state index in [9.17, 15) is 4.79 Å². The monoisotopic (exact) mass is 138 g/mol. The highest BCUT2D eigenvalue weighted by Crippen LogP contribution is 2.48. The molecule has 0 aromatic heterocycles. The van der Waals surface area contributed by atoms with E-state index >= 15 is 0 Å². The molecule has 0 saturated heterocycles. The first-order valence-corrected chi connectivity index (χ1v) is 4.33. The van der Waals surface area contributed by atoms with Gasteiger partial charge in [0.25, 0.3) is 0 Å². The predicted molar refractivity (Wildman–Crippen MR) is 39.8 cm³/mol. The lowest BCUT2D eigenvalue weighted by Crippen LogP contribution is -2.10. The summed E-state index contributed by atoms with van der Waals surface area (Å²) in [5.41, 5.74) is 0.511. The van der Waals surface area contributed by atoms with Crippen molar-refractivity contribution < 1.29 is 4.79 Å². The van der Waals surface area contributed by atoms with Gasteiger partial charge in [0.2, 0.25) is 0 Å². The molecule has 2 rings (SSSR count). The summed E-state index contributed by atoms with van der Waals surface area (Å²) in [5.74, 6) is 0.516. The van der Waals surface area contributed by atoms with Crippen molar-refractivity contribution in [3.8, 4) is 0 Å². The highest BCUT2D eigenvalue weighted by molar-refractivity contribution is 5.81. The Bertz CT molecular complexity index is 154. The SMILES string of the molecule is O=C1CCC2(CCCC2)C1. The number of rotatable bonds is 0. The maximum Gasteiger partial charge on any atom is 0.133 e. The second-order valence-electron chi connectivity index (χ2n) is 3.92. The molecule has 1 spiro atoms. The molecule has 0 amide bonds. The normalized spacial score (nSPS) is 30.2. The topological polar surface area (TPSA) is 17.1 Å². The maximum absolute atomic E-state index is 11.0. The zero-order valence-corrected chi connectivity index (χ0v) is 6.36. The number of hydrogen-bond donors (Lipinski definition) is 0. The van der Waals surface area contributed by atoms with E-state index in [0.29, 0.717) is 11.2 Å². The van der Waals surface area contributed by atoms with Crippen LogP contribution in [0, 0.1) is 5.41 Å². The van der Waals surface area contributed by atoms with Crippen LogP contribution in [0.2, 0.25) is 0 Å². The van der Waals surface area contributed by atoms with Crippen LogP contribution in [0.4, 0.5) is 0 Å². The van der Waals surface area contributed by atoms with Gasteiger partial charge in [0.15, 0.2) is 0 Å². The van der Waals surface area contributed by atoms with E-state index in [-0.39, 0.29) is 0 Å². The van der Waals surface area contributed by atoms with E-state index in [0.717, 1.165) is 12.8 Å². The van der Waals surface area contributed by atoms with Crippen molar-refractivity contribution in [2.45, 2.75) is 44.9 Å². The number of carbonyl (C=O) groups is 1. The minimum Gasteiger partial charge on any atom is -0.300 e. The van der Waals surface area contributed by atoms with Crippen molar-refractivity contribution in [1.29, 1.82) is 0 Å². The van der Waals surface area contributed by atoms with Crippen LogP contribution in [-0.2, 0) is 4.79 Å². The third-order valence-electron chi connectivity index (χ3n) is 3.17. The largest absolute Gasteiger partial charge is 0.300 e.